The van der Waals surface area contributed by atoms with Gasteiger partial charge in [-0.15, -0.1) is 0 Å². The van der Waals surface area contributed by atoms with E-state index < -0.39 is 0 Å². The molecule has 2 rings (SSSR count). The molecule has 1 radical (unpaired) electrons. The number of hydrogen-bond acceptors (Lipinski definition) is 1. The molecule has 1 aliphatic rings. The first kappa shape index (κ1) is 10.6. The van der Waals surface area contributed by atoms with Gasteiger partial charge >= 0.3 is 0 Å². The van der Waals surface area contributed by atoms with Gasteiger partial charge in [0.15, 0.2) is 0 Å². The van der Waals surface area contributed by atoms with Crippen LogP contribution in [0.3, 0.4) is 0 Å². The van der Waals surface area contributed by atoms with Crippen LogP contribution in [-0.4, -0.2) is 31.1 Å². The Morgan fingerprint density at radius 1 is 1.20 bits per heavy atom. The Bertz CT molecular complexity index is 306. The summed E-state index contributed by atoms with van der Waals surface area (Å²) in [5.41, 5.74) is 0.791. The highest BCUT2D eigenvalue weighted by molar-refractivity contribution is 5.17. The third kappa shape index (κ3) is 3.01. The second-order valence-electron chi connectivity index (χ2n) is 3.89. The van der Waals surface area contributed by atoms with E-state index in [-0.39, 0.29) is 5.82 Å². The normalized spacial score (nSPS) is 18.7. The van der Waals surface area contributed by atoms with Crippen molar-refractivity contribution in [3.8, 4) is 0 Å². The fraction of sp³-hybridized carbons (Fsp3) is 0.500. The highest BCUT2D eigenvalue weighted by atomic mass is 19.1. The summed E-state index contributed by atoms with van der Waals surface area (Å²) in [6, 6.07) is 7.01. The molecule has 0 unspecified atom stereocenters. The number of rotatable bonds is 2. The van der Waals surface area contributed by atoms with Crippen molar-refractivity contribution in [3.63, 3.8) is 0 Å². The molecular weight excluding hydrogens is 191 g/mol. The SMILES string of the molecule is Fc1ccccc1CN1CCC[N]CC1. The summed E-state index contributed by atoms with van der Waals surface area (Å²) in [6.45, 7) is 4.52. The zero-order valence-electron chi connectivity index (χ0n) is 8.82. The van der Waals surface area contributed by atoms with E-state index in [0.717, 1.165) is 38.2 Å². The predicted molar refractivity (Wildman–Crippen MR) is 58.2 cm³/mol. The van der Waals surface area contributed by atoms with Gasteiger partial charge in [0.05, 0.1) is 0 Å². The van der Waals surface area contributed by atoms with Crippen molar-refractivity contribution in [3.05, 3.63) is 35.6 Å². The van der Waals surface area contributed by atoms with Crippen molar-refractivity contribution in [2.75, 3.05) is 26.2 Å². The van der Waals surface area contributed by atoms with Gasteiger partial charge in [-0.05, 0) is 19.0 Å². The molecule has 0 aromatic heterocycles. The minimum Gasteiger partial charge on any atom is -0.298 e. The summed E-state index contributed by atoms with van der Waals surface area (Å²) in [5.74, 6) is -0.0984. The molecule has 1 heterocycles. The van der Waals surface area contributed by atoms with Crippen LogP contribution in [0.25, 0.3) is 0 Å². The summed E-state index contributed by atoms with van der Waals surface area (Å²) in [5, 5.41) is 4.35. The molecule has 0 aliphatic carbocycles. The molecule has 1 fully saturated rings. The summed E-state index contributed by atoms with van der Waals surface area (Å²) in [7, 11) is 0. The molecule has 2 nitrogen and oxygen atoms in total. The molecule has 1 aromatic carbocycles. The first-order valence-corrected chi connectivity index (χ1v) is 5.45. The minimum absolute atomic E-state index is 0.0984. The van der Waals surface area contributed by atoms with Crippen molar-refractivity contribution in [1.82, 2.24) is 10.2 Å². The maximum atomic E-state index is 13.4. The Morgan fingerprint density at radius 3 is 2.93 bits per heavy atom. The number of hydrogen-bond donors (Lipinski definition) is 0. The number of halogens is 1. The Hall–Kier alpha value is -0.930. The number of benzene rings is 1. The van der Waals surface area contributed by atoms with E-state index in [1.807, 2.05) is 12.1 Å². The topological polar surface area (TPSA) is 17.3 Å². The predicted octanol–water partition coefficient (Wildman–Crippen LogP) is 1.64. The van der Waals surface area contributed by atoms with Gasteiger partial charge in [0.1, 0.15) is 5.82 Å². The molecule has 0 amide bonds. The molecule has 0 N–H and O–H groups in total. The van der Waals surface area contributed by atoms with E-state index in [9.17, 15) is 4.39 Å². The molecule has 0 saturated carbocycles. The lowest BCUT2D eigenvalue weighted by atomic mass is 10.2. The second kappa shape index (κ2) is 5.24. The molecule has 1 saturated heterocycles. The van der Waals surface area contributed by atoms with E-state index in [4.69, 9.17) is 0 Å². The Kier molecular flexibility index (Phi) is 3.69. The molecule has 0 bridgehead atoms. The largest absolute Gasteiger partial charge is 0.298 e. The van der Waals surface area contributed by atoms with Crippen LogP contribution in [0.2, 0.25) is 0 Å². The third-order valence-corrected chi connectivity index (χ3v) is 2.72. The molecule has 81 valence electrons. The highest BCUT2D eigenvalue weighted by Gasteiger charge is 2.11. The van der Waals surface area contributed by atoms with Crippen LogP contribution < -0.4 is 5.32 Å². The van der Waals surface area contributed by atoms with Gasteiger partial charge in [0.2, 0.25) is 0 Å². The van der Waals surface area contributed by atoms with Gasteiger partial charge in [0, 0.05) is 31.7 Å². The molecule has 3 heteroatoms. The molecule has 1 aromatic rings. The second-order valence-corrected chi connectivity index (χ2v) is 3.89. The van der Waals surface area contributed by atoms with Crippen LogP contribution in [-0.2, 0) is 6.54 Å². The van der Waals surface area contributed by atoms with Gasteiger partial charge in [-0.1, -0.05) is 18.2 Å². The summed E-state index contributed by atoms with van der Waals surface area (Å²) in [6.07, 6.45) is 1.09. The van der Waals surface area contributed by atoms with E-state index in [1.54, 1.807) is 6.07 Å². The molecule has 1 aliphatic heterocycles. The summed E-state index contributed by atoms with van der Waals surface area (Å²) in [4.78, 5) is 2.27. The van der Waals surface area contributed by atoms with Crippen LogP contribution in [0, 0.1) is 5.82 Å². The fourth-order valence-corrected chi connectivity index (χ4v) is 1.87. The number of nitrogens with zero attached hydrogens (tertiary/aromatic N) is 2. The maximum absolute atomic E-state index is 13.4. The molecule has 0 spiro atoms. The maximum Gasteiger partial charge on any atom is 0.127 e. The summed E-state index contributed by atoms with van der Waals surface area (Å²) >= 11 is 0. The van der Waals surface area contributed by atoms with Crippen molar-refractivity contribution in [2.45, 2.75) is 13.0 Å². The van der Waals surface area contributed by atoms with E-state index in [2.05, 4.69) is 10.2 Å². The average Bonchev–Trinajstić information content (AvgIpc) is 2.50. The van der Waals surface area contributed by atoms with Crippen LogP contribution in [0.1, 0.15) is 12.0 Å². The quantitative estimate of drug-likeness (QED) is 0.720. The first-order valence-electron chi connectivity index (χ1n) is 5.45. The highest BCUT2D eigenvalue weighted by Crippen LogP contribution is 2.10. The minimum atomic E-state index is -0.0984. The standard InChI is InChI=1S/C12H16FN2/c13-12-5-2-1-4-11(12)10-15-8-3-6-14-7-9-15/h1-2,4-5H,3,6-10H2. The monoisotopic (exact) mass is 207 g/mol. The Labute approximate surface area is 90.1 Å². The van der Waals surface area contributed by atoms with Gasteiger partial charge in [0.25, 0.3) is 0 Å². The first-order chi connectivity index (χ1) is 7.36. The van der Waals surface area contributed by atoms with Gasteiger partial charge in [-0.2, -0.15) is 0 Å². The molecule has 0 atom stereocenters. The Morgan fingerprint density at radius 2 is 2.07 bits per heavy atom. The van der Waals surface area contributed by atoms with Crippen LogP contribution in [0.15, 0.2) is 24.3 Å². The molecular formula is C12H16FN2. The van der Waals surface area contributed by atoms with E-state index in [1.165, 1.54) is 6.07 Å². The van der Waals surface area contributed by atoms with Crippen molar-refractivity contribution < 1.29 is 4.39 Å². The van der Waals surface area contributed by atoms with Crippen molar-refractivity contribution in [2.24, 2.45) is 0 Å². The van der Waals surface area contributed by atoms with Gasteiger partial charge in [-0.3, -0.25) is 4.90 Å². The van der Waals surface area contributed by atoms with Crippen LogP contribution in [0.4, 0.5) is 4.39 Å². The lowest BCUT2D eigenvalue weighted by molar-refractivity contribution is 0.280. The zero-order chi connectivity index (χ0) is 10.5. The Balaban J connectivity index is 1.98. The zero-order valence-corrected chi connectivity index (χ0v) is 8.82. The van der Waals surface area contributed by atoms with Gasteiger partial charge in [-0.25, -0.2) is 9.71 Å². The summed E-state index contributed by atoms with van der Waals surface area (Å²) < 4.78 is 13.4. The third-order valence-electron chi connectivity index (χ3n) is 2.72. The van der Waals surface area contributed by atoms with E-state index >= 15 is 0 Å². The lowest BCUT2D eigenvalue weighted by Gasteiger charge is -2.19. The fourth-order valence-electron chi connectivity index (χ4n) is 1.87. The molecule has 15 heavy (non-hydrogen) atoms. The van der Waals surface area contributed by atoms with E-state index in [0.29, 0.717) is 6.54 Å². The van der Waals surface area contributed by atoms with Crippen molar-refractivity contribution >= 4 is 0 Å². The smallest absolute Gasteiger partial charge is 0.127 e. The lowest BCUT2D eigenvalue weighted by Crippen LogP contribution is -2.26. The van der Waals surface area contributed by atoms with Crippen molar-refractivity contribution in [1.29, 1.82) is 0 Å². The van der Waals surface area contributed by atoms with Crippen LogP contribution in [0.5, 0.6) is 0 Å². The van der Waals surface area contributed by atoms with Crippen LogP contribution >= 0.6 is 0 Å². The van der Waals surface area contributed by atoms with Gasteiger partial charge < -0.3 is 0 Å². The average molecular weight is 207 g/mol.